The molecule has 1 N–H and O–H groups in total. The van der Waals surface area contributed by atoms with Crippen LogP contribution in [-0.4, -0.2) is 19.7 Å². The molecule has 0 aromatic carbocycles. The number of pyridine rings is 1. The van der Waals surface area contributed by atoms with Crippen molar-refractivity contribution in [1.82, 2.24) is 19.7 Å². The Labute approximate surface area is 92.8 Å². The smallest absolute Gasteiger partial charge is 0.273 e. The van der Waals surface area contributed by atoms with Crippen LogP contribution in [0, 0.1) is 4.77 Å². The molecule has 0 bridgehead atoms. The van der Waals surface area contributed by atoms with E-state index in [-0.39, 0.29) is 0 Å². The molecule has 2 heterocycles. The normalized spacial score (nSPS) is 11.7. The Balaban J connectivity index is 2.41. The molecule has 0 saturated carbocycles. The van der Waals surface area contributed by atoms with E-state index in [1.807, 2.05) is 0 Å². The molecular weight excluding hydrogens is 241 g/mol. The van der Waals surface area contributed by atoms with E-state index in [4.69, 9.17) is 12.2 Å². The van der Waals surface area contributed by atoms with E-state index in [1.165, 1.54) is 17.0 Å². The highest BCUT2D eigenvalue weighted by atomic mass is 32.1. The standard InChI is InChI=1S/C8H5F3N4S/c9-8(10,11)6-2-1-5(3-12-6)15-4-13-14-7(15)16/h1-4H,(H,14,16). The molecule has 0 unspecified atom stereocenters. The third-order valence-corrected chi connectivity index (χ3v) is 2.16. The number of halogens is 3. The topological polar surface area (TPSA) is 46.5 Å². The molecule has 0 fully saturated rings. The van der Waals surface area contributed by atoms with Crippen molar-refractivity contribution in [3.05, 3.63) is 35.1 Å². The van der Waals surface area contributed by atoms with Crippen molar-refractivity contribution in [2.45, 2.75) is 6.18 Å². The second kappa shape index (κ2) is 3.71. The van der Waals surface area contributed by atoms with Crippen molar-refractivity contribution < 1.29 is 13.2 Å². The van der Waals surface area contributed by atoms with Crippen LogP contribution in [0.15, 0.2) is 24.7 Å². The highest BCUT2D eigenvalue weighted by Crippen LogP contribution is 2.27. The highest BCUT2D eigenvalue weighted by Gasteiger charge is 2.32. The lowest BCUT2D eigenvalue weighted by Gasteiger charge is -2.06. The summed E-state index contributed by atoms with van der Waals surface area (Å²) >= 11 is 4.87. The summed E-state index contributed by atoms with van der Waals surface area (Å²) in [4.78, 5) is 3.31. The Morgan fingerprint density at radius 2 is 2.06 bits per heavy atom. The molecule has 8 heteroatoms. The third-order valence-electron chi connectivity index (χ3n) is 1.87. The molecule has 84 valence electrons. The minimum atomic E-state index is -4.43. The second-order valence-corrected chi connectivity index (χ2v) is 3.32. The van der Waals surface area contributed by atoms with Gasteiger partial charge in [-0.15, -0.1) is 0 Å². The Kier molecular flexibility index (Phi) is 2.50. The molecule has 2 aromatic heterocycles. The summed E-state index contributed by atoms with van der Waals surface area (Å²) in [6.07, 6.45) is -1.98. The van der Waals surface area contributed by atoms with Gasteiger partial charge in [-0.2, -0.15) is 18.3 Å². The van der Waals surface area contributed by atoms with E-state index in [2.05, 4.69) is 15.2 Å². The molecule has 0 saturated heterocycles. The molecule has 16 heavy (non-hydrogen) atoms. The van der Waals surface area contributed by atoms with Crippen LogP contribution in [-0.2, 0) is 6.18 Å². The number of rotatable bonds is 1. The number of nitrogens with zero attached hydrogens (tertiary/aromatic N) is 3. The first kappa shape index (κ1) is 10.8. The lowest BCUT2D eigenvalue weighted by molar-refractivity contribution is -0.141. The fourth-order valence-electron chi connectivity index (χ4n) is 1.13. The van der Waals surface area contributed by atoms with Crippen molar-refractivity contribution in [1.29, 1.82) is 0 Å². The zero-order chi connectivity index (χ0) is 11.8. The number of hydrogen-bond acceptors (Lipinski definition) is 3. The van der Waals surface area contributed by atoms with Crippen molar-refractivity contribution in [3.63, 3.8) is 0 Å². The van der Waals surface area contributed by atoms with E-state index >= 15 is 0 Å². The average molecular weight is 246 g/mol. The summed E-state index contributed by atoms with van der Waals surface area (Å²) < 4.78 is 38.4. The minimum Gasteiger partial charge on any atom is -0.273 e. The van der Waals surface area contributed by atoms with Gasteiger partial charge in [0.1, 0.15) is 12.0 Å². The SMILES string of the molecule is FC(F)(F)c1ccc(-n2cn[nH]c2=S)cn1. The van der Waals surface area contributed by atoms with Gasteiger partial charge in [-0.1, -0.05) is 0 Å². The number of hydrogen-bond donors (Lipinski definition) is 1. The van der Waals surface area contributed by atoms with Crippen LogP contribution in [0.4, 0.5) is 13.2 Å². The maximum atomic E-state index is 12.2. The summed E-state index contributed by atoms with van der Waals surface area (Å²) in [5.41, 5.74) is -0.516. The number of aromatic nitrogens is 4. The van der Waals surface area contributed by atoms with Gasteiger partial charge in [0.05, 0.1) is 11.9 Å². The predicted molar refractivity (Wildman–Crippen MR) is 51.5 cm³/mol. The maximum Gasteiger partial charge on any atom is 0.433 e. The highest BCUT2D eigenvalue weighted by molar-refractivity contribution is 7.71. The first-order valence-corrected chi connectivity index (χ1v) is 4.55. The van der Waals surface area contributed by atoms with Crippen molar-refractivity contribution >= 4 is 12.2 Å². The van der Waals surface area contributed by atoms with Crippen LogP contribution in [0.3, 0.4) is 0 Å². The molecule has 0 spiro atoms. The average Bonchev–Trinajstić information content (AvgIpc) is 2.63. The number of H-pyrrole nitrogens is 1. The molecule has 2 aromatic rings. The third kappa shape index (κ3) is 1.96. The molecule has 2 rings (SSSR count). The zero-order valence-electron chi connectivity index (χ0n) is 7.69. The van der Waals surface area contributed by atoms with Crippen LogP contribution in [0.1, 0.15) is 5.69 Å². The van der Waals surface area contributed by atoms with Crippen LogP contribution in [0.2, 0.25) is 0 Å². The maximum absolute atomic E-state index is 12.2. The number of nitrogens with one attached hydrogen (secondary N) is 1. The van der Waals surface area contributed by atoms with Crippen molar-refractivity contribution in [2.24, 2.45) is 0 Å². The summed E-state index contributed by atoms with van der Waals surface area (Å²) in [6.45, 7) is 0. The molecule has 0 aliphatic heterocycles. The van der Waals surface area contributed by atoms with Crippen LogP contribution < -0.4 is 0 Å². The van der Waals surface area contributed by atoms with Gasteiger partial charge < -0.3 is 0 Å². The minimum absolute atomic E-state index is 0.293. The van der Waals surface area contributed by atoms with E-state index in [9.17, 15) is 13.2 Å². The van der Waals surface area contributed by atoms with Crippen molar-refractivity contribution in [2.75, 3.05) is 0 Å². The van der Waals surface area contributed by atoms with Gasteiger partial charge in [-0.05, 0) is 24.4 Å². The fourth-order valence-corrected chi connectivity index (χ4v) is 1.33. The molecular formula is C8H5F3N4S. The number of aromatic amines is 1. The van der Waals surface area contributed by atoms with Gasteiger partial charge in [-0.25, -0.2) is 4.98 Å². The molecule has 0 amide bonds. The summed E-state index contributed by atoms with van der Waals surface area (Å²) in [7, 11) is 0. The molecule has 0 radical (unpaired) electrons. The largest absolute Gasteiger partial charge is 0.433 e. The van der Waals surface area contributed by atoms with Gasteiger partial charge in [0, 0.05) is 0 Å². The molecule has 0 aliphatic rings. The Morgan fingerprint density at radius 3 is 2.50 bits per heavy atom. The Hall–Kier alpha value is -1.70. The Bertz CT molecular complexity index is 539. The lowest BCUT2D eigenvalue weighted by Crippen LogP contribution is -2.08. The van der Waals surface area contributed by atoms with E-state index in [1.54, 1.807) is 0 Å². The van der Waals surface area contributed by atoms with Crippen LogP contribution in [0.5, 0.6) is 0 Å². The lowest BCUT2D eigenvalue weighted by atomic mass is 10.3. The van der Waals surface area contributed by atoms with Gasteiger partial charge in [-0.3, -0.25) is 9.67 Å². The van der Waals surface area contributed by atoms with Crippen LogP contribution >= 0.6 is 12.2 Å². The van der Waals surface area contributed by atoms with E-state index in [0.717, 1.165) is 12.3 Å². The van der Waals surface area contributed by atoms with E-state index in [0.29, 0.717) is 10.5 Å². The first-order chi connectivity index (χ1) is 7.48. The first-order valence-electron chi connectivity index (χ1n) is 4.14. The van der Waals surface area contributed by atoms with Gasteiger partial charge in [0.2, 0.25) is 0 Å². The van der Waals surface area contributed by atoms with Gasteiger partial charge in [0.15, 0.2) is 4.77 Å². The Morgan fingerprint density at radius 1 is 1.31 bits per heavy atom. The summed E-state index contributed by atoms with van der Waals surface area (Å²) in [5.74, 6) is 0. The predicted octanol–water partition coefficient (Wildman–Crippen LogP) is 2.34. The second-order valence-electron chi connectivity index (χ2n) is 2.93. The quantitative estimate of drug-likeness (QED) is 0.785. The monoisotopic (exact) mass is 246 g/mol. The van der Waals surface area contributed by atoms with Gasteiger partial charge in [0.25, 0.3) is 0 Å². The summed E-state index contributed by atoms with van der Waals surface area (Å²) in [5, 5.41) is 6.14. The van der Waals surface area contributed by atoms with Crippen molar-refractivity contribution in [3.8, 4) is 5.69 Å². The molecule has 0 aliphatic carbocycles. The zero-order valence-corrected chi connectivity index (χ0v) is 8.51. The van der Waals surface area contributed by atoms with Gasteiger partial charge >= 0.3 is 6.18 Å². The number of alkyl halides is 3. The summed E-state index contributed by atoms with van der Waals surface area (Å²) in [6, 6.07) is 2.17. The fraction of sp³-hybridized carbons (Fsp3) is 0.125. The van der Waals surface area contributed by atoms with E-state index < -0.39 is 11.9 Å². The van der Waals surface area contributed by atoms with Crippen LogP contribution in [0.25, 0.3) is 5.69 Å². The molecule has 4 nitrogen and oxygen atoms in total. The molecule has 0 atom stereocenters.